The number of rotatable bonds is 10. The Labute approximate surface area is 174 Å². The van der Waals surface area contributed by atoms with Gasteiger partial charge in [-0.15, -0.1) is 11.3 Å². The second kappa shape index (κ2) is 11.8. The normalized spacial score (nSPS) is 12.0. The van der Waals surface area contributed by atoms with Gasteiger partial charge in [0, 0.05) is 43.2 Å². The summed E-state index contributed by atoms with van der Waals surface area (Å²) in [4.78, 5) is 13.0. The molecule has 2 N–H and O–H groups in total. The second-order valence-electron chi connectivity index (χ2n) is 7.22. The molecule has 1 aromatic heterocycles. The first kappa shape index (κ1) is 22.4. The fraction of sp³-hybridized carbons (Fsp3) is 0.545. The lowest BCUT2D eigenvalue weighted by atomic mass is 10.1. The van der Waals surface area contributed by atoms with Crippen molar-refractivity contribution in [3.8, 4) is 0 Å². The van der Waals surface area contributed by atoms with Crippen LogP contribution in [0.1, 0.15) is 48.7 Å². The van der Waals surface area contributed by atoms with E-state index in [1.165, 1.54) is 21.0 Å². The number of aliphatic imine (C=N–C) groups is 1. The Balaban J connectivity index is 1.96. The minimum Gasteiger partial charge on any atom is -0.357 e. The maximum atomic E-state index is 4.81. The molecular formula is C22H35N5S. The lowest BCUT2D eigenvalue weighted by Crippen LogP contribution is -2.38. The highest BCUT2D eigenvalue weighted by Crippen LogP contribution is 2.14. The van der Waals surface area contributed by atoms with Crippen molar-refractivity contribution in [1.82, 2.24) is 20.5 Å². The molecule has 0 aliphatic rings. The highest BCUT2D eigenvalue weighted by molar-refractivity contribution is 7.11. The topological polar surface area (TPSA) is 52.6 Å². The van der Waals surface area contributed by atoms with E-state index in [0.29, 0.717) is 12.6 Å². The zero-order valence-electron chi connectivity index (χ0n) is 18.0. The van der Waals surface area contributed by atoms with E-state index in [-0.39, 0.29) is 0 Å². The molecule has 0 amide bonds. The summed E-state index contributed by atoms with van der Waals surface area (Å²) in [6.45, 7) is 12.0. The van der Waals surface area contributed by atoms with Crippen LogP contribution >= 0.6 is 11.3 Å². The van der Waals surface area contributed by atoms with E-state index in [9.17, 15) is 0 Å². The van der Waals surface area contributed by atoms with E-state index in [1.54, 1.807) is 11.3 Å². The van der Waals surface area contributed by atoms with Crippen LogP contribution in [0.4, 0.5) is 0 Å². The number of guanidine groups is 1. The van der Waals surface area contributed by atoms with Crippen LogP contribution in [0, 0.1) is 0 Å². The largest absolute Gasteiger partial charge is 0.357 e. The predicted octanol–water partition coefficient (Wildman–Crippen LogP) is 3.84. The minimum absolute atomic E-state index is 0.523. The number of nitrogens with zero attached hydrogens (tertiary/aromatic N) is 3. The molecule has 0 saturated carbocycles. The zero-order valence-corrected chi connectivity index (χ0v) is 18.8. The number of benzene rings is 1. The monoisotopic (exact) mass is 401 g/mol. The number of hydrogen-bond donors (Lipinski definition) is 2. The summed E-state index contributed by atoms with van der Waals surface area (Å²) < 4.78 is 0. The standard InChI is InChI=1S/C22H35N5S/c1-6-20-15-25-21(28-20)12-13-24-22(23-7-2)26-14-18-10-8-9-11-19(18)16-27(5)17(3)4/h8-11,15,17H,6-7,12-14,16H2,1-5H3,(H2,23,24,26). The molecule has 0 atom stereocenters. The van der Waals surface area contributed by atoms with Crippen LogP contribution in [0.2, 0.25) is 0 Å². The number of aromatic nitrogens is 1. The van der Waals surface area contributed by atoms with Crippen molar-refractivity contribution in [2.45, 2.75) is 59.7 Å². The first-order chi connectivity index (χ1) is 13.5. The molecule has 0 spiro atoms. The Hall–Kier alpha value is -1.92. The van der Waals surface area contributed by atoms with E-state index >= 15 is 0 Å². The molecular weight excluding hydrogens is 366 g/mol. The van der Waals surface area contributed by atoms with Gasteiger partial charge >= 0.3 is 0 Å². The molecule has 0 radical (unpaired) electrons. The van der Waals surface area contributed by atoms with Crippen LogP contribution in [0.5, 0.6) is 0 Å². The predicted molar refractivity (Wildman–Crippen MR) is 121 cm³/mol. The molecule has 6 heteroatoms. The Kier molecular flexibility index (Phi) is 9.44. The van der Waals surface area contributed by atoms with Gasteiger partial charge in [0.2, 0.25) is 0 Å². The molecule has 0 bridgehead atoms. The van der Waals surface area contributed by atoms with Gasteiger partial charge in [-0.2, -0.15) is 0 Å². The van der Waals surface area contributed by atoms with Gasteiger partial charge in [-0.25, -0.2) is 9.98 Å². The molecule has 1 heterocycles. The summed E-state index contributed by atoms with van der Waals surface area (Å²) in [5.74, 6) is 0.863. The summed E-state index contributed by atoms with van der Waals surface area (Å²) >= 11 is 1.80. The Morgan fingerprint density at radius 2 is 1.93 bits per heavy atom. The average molecular weight is 402 g/mol. The lowest BCUT2D eigenvalue weighted by molar-refractivity contribution is 0.265. The van der Waals surface area contributed by atoms with E-state index < -0.39 is 0 Å². The zero-order chi connectivity index (χ0) is 20.4. The average Bonchev–Trinajstić information content (AvgIpc) is 3.15. The molecule has 154 valence electrons. The van der Waals surface area contributed by atoms with Crippen LogP contribution in [0.3, 0.4) is 0 Å². The van der Waals surface area contributed by atoms with Crippen LogP contribution in [-0.4, -0.2) is 42.0 Å². The third kappa shape index (κ3) is 7.24. The van der Waals surface area contributed by atoms with E-state index in [1.807, 2.05) is 6.20 Å². The van der Waals surface area contributed by atoms with Crippen molar-refractivity contribution in [3.63, 3.8) is 0 Å². The summed E-state index contributed by atoms with van der Waals surface area (Å²) in [5, 5.41) is 7.97. The smallest absolute Gasteiger partial charge is 0.191 e. The van der Waals surface area contributed by atoms with Crippen molar-refractivity contribution in [3.05, 3.63) is 51.5 Å². The fourth-order valence-electron chi connectivity index (χ4n) is 2.74. The molecule has 28 heavy (non-hydrogen) atoms. The van der Waals surface area contributed by atoms with Crippen molar-refractivity contribution in [2.75, 3.05) is 20.1 Å². The van der Waals surface area contributed by atoms with Gasteiger partial charge in [0.05, 0.1) is 11.6 Å². The molecule has 2 aromatic rings. The summed E-state index contributed by atoms with van der Waals surface area (Å²) in [6.07, 6.45) is 3.97. The molecule has 2 rings (SSSR count). The third-order valence-corrected chi connectivity index (χ3v) is 5.95. The quantitative estimate of drug-likeness (QED) is 0.469. The second-order valence-corrected chi connectivity index (χ2v) is 8.42. The molecule has 0 aliphatic carbocycles. The summed E-state index contributed by atoms with van der Waals surface area (Å²) in [5.41, 5.74) is 2.62. The van der Waals surface area contributed by atoms with E-state index in [4.69, 9.17) is 4.99 Å². The molecule has 0 aliphatic heterocycles. The third-order valence-electron chi connectivity index (χ3n) is 4.75. The van der Waals surface area contributed by atoms with Crippen molar-refractivity contribution in [1.29, 1.82) is 0 Å². The number of thiazole rings is 1. The number of aryl methyl sites for hydroxylation is 1. The molecule has 5 nitrogen and oxygen atoms in total. The van der Waals surface area contributed by atoms with Crippen LogP contribution < -0.4 is 10.6 Å². The number of nitrogens with one attached hydrogen (secondary N) is 2. The van der Waals surface area contributed by atoms with Crippen LogP contribution in [0.25, 0.3) is 0 Å². The highest BCUT2D eigenvalue weighted by Gasteiger charge is 2.08. The summed E-state index contributed by atoms with van der Waals surface area (Å²) in [6, 6.07) is 9.11. The Morgan fingerprint density at radius 1 is 1.18 bits per heavy atom. The molecule has 0 fully saturated rings. The van der Waals surface area contributed by atoms with Gasteiger partial charge in [0.15, 0.2) is 5.96 Å². The maximum absolute atomic E-state index is 4.81. The van der Waals surface area contributed by atoms with Crippen molar-refractivity contribution in [2.24, 2.45) is 4.99 Å². The number of hydrogen-bond acceptors (Lipinski definition) is 4. The van der Waals surface area contributed by atoms with E-state index in [2.05, 4.69) is 79.5 Å². The first-order valence-electron chi connectivity index (χ1n) is 10.3. The maximum Gasteiger partial charge on any atom is 0.191 e. The minimum atomic E-state index is 0.523. The van der Waals surface area contributed by atoms with Crippen molar-refractivity contribution >= 4 is 17.3 Å². The van der Waals surface area contributed by atoms with Gasteiger partial charge in [0.25, 0.3) is 0 Å². The van der Waals surface area contributed by atoms with Gasteiger partial charge in [-0.05, 0) is 45.4 Å². The fourth-order valence-corrected chi connectivity index (χ4v) is 3.60. The molecule has 0 unspecified atom stereocenters. The SMILES string of the molecule is CCNC(=NCc1ccccc1CN(C)C(C)C)NCCc1ncc(CC)s1. The molecule has 1 aromatic carbocycles. The van der Waals surface area contributed by atoms with E-state index in [0.717, 1.165) is 38.4 Å². The Morgan fingerprint density at radius 3 is 2.57 bits per heavy atom. The summed E-state index contributed by atoms with van der Waals surface area (Å²) in [7, 11) is 2.17. The first-order valence-corrected chi connectivity index (χ1v) is 11.1. The highest BCUT2D eigenvalue weighted by atomic mass is 32.1. The lowest BCUT2D eigenvalue weighted by Gasteiger charge is -2.22. The van der Waals surface area contributed by atoms with Gasteiger partial charge in [-0.1, -0.05) is 31.2 Å². The van der Waals surface area contributed by atoms with Crippen molar-refractivity contribution < 1.29 is 0 Å². The van der Waals surface area contributed by atoms with Gasteiger partial charge < -0.3 is 10.6 Å². The Bertz CT molecular complexity index is 738. The van der Waals surface area contributed by atoms with Crippen LogP contribution in [0.15, 0.2) is 35.5 Å². The van der Waals surface area contributed by atoms with Gasteiger partial charge in [0.1, 0.15) is 0 Å². The van der Waals surface area contributed by atoms with Gasteiger partial charge in [-0.3, -0.25) is 4.90 Å². The molecule has 0 saturated heterocycles. The van der Waals surface area contributed by atoms with Crippen LogP contribution in [-0.2, 0) is 25.9 Å².